The predicted octanol–water partition coefficient (Wildman–Crippen LogP) is 3.95. The van der Waals surface area contributed by atoms with E-state index in [1.54, 1.807) is 31.2 Å². The molecule has 1 heterocycles. The number of fused-ring (bicyclic) bond motifs is 1. The number of benzene rings is 2. The molecule has 22 heavy (non-hydrogen) atoms. The fourth-order valence-corrected chi connectivity index (χ4v) is 2.33. The van der Waals surface area contributed by atoms with Gasteiger partial charge in [-0.1, -0.05) is 24.3 Å². The predicted molar refractivity (Wildman–Crippen MR) is 78.5 cm³/mol. The fourth-order valence-electron chi connectivity index (χ4n) is 2.33. The van der Waals surface area contributed by atoms with Crippen molar-refractivity contribution in [3.05, 3.63) is 71.0 Å². The lowest BCUT2D eigenvalue weighted by Crippen LogP contribution is -2.23. The van der Waals surface area contributed by atoms with E-state index in [4.69, 9.17) is 4.42 Å². The van der Waals surface area contributed by atoms with E-state index >= 15 is 0 Å². The first-order chi connectivity index (χ1) is 10.6. The second-order valence-electron chi connectivity index (χ2n) is 4.99. The molecular weight excluding hydrogens is 288 g/mol. The summed E-state index contributed by atoms with van der Waals surface area (Å²) in [6.45, 7) is 1.86. The molecule has 3 nitrogen and oxygen atoms in total. The third-order valence-corrected chi connectivity index (χ3v) is 3.46. The van der Waals surface area contributed by atoms with Crippen LogP contribution >= 0.6 is 0 Å². The van der Waals surface area contributed by atoms with E-state index < -0.39 is 11.7 Å². The molecule has 1 amide bonds. The van der Waals surface area contributed by atoms with Gasteiger partial charge < -0.3 is 9.73 Å². The van der Waals surface area contributed by atoms with Crippen LogP contribution in [0, 0.1) is 18.6 Å². The lowest BCUT2D eigenvalue weighted by Gasteiger charge is -2.04. The van der Waals surface area contributed by atoms with E-state index in [0.29, 0.717) is 16.5 Å². The van der Waals surface area contributed by atoms with Crippen molar-refractivity contribution in [2.75, 3.05) is 0 Å². The Morgan fingerprint density at radius 3 is 2.68 bits per heavy atom. The quantitative estimate of drug-likeness (QED) is 0.796. The second-order valence-corrected chi connectivity index (χ2v) is 4.99. The van der Waals surface area contributed by atoms with Gasteiger partial charge in [-0.05, 0) is 30.7 Å². The molecule has 0 fully saturated rings. The minimum Gasteiger partial charge on any atom is -0.448 e. The Kier molecular flexibility index (Phi) is 3.63. The number of hydrogen-bond acceptors (Lipinski definition) is 2. The lowest BCUT2D eigenvalue weighted by molar-refractivity contribution is 0.0924. The maximum absolute atomic E-state index is 13.7. The van der Waals surface area contributed by atoms with Crippen molar-refractivity contribution in [1.29, 1.82) is 0 Å². The van der Waals surface area contributed by atoms with Crippen LogP contribution in [0.2, 0.25) is 0 Å². The molecule has 1 aromatic heterocycles. The van der Waals surface area contributed by atoms with E-state index in [2.05, 4.69) is 5.32 Å². The zero-order chi connectivity index (χ0) is 15.7. The number of carbonyl (C=O) groups is 1. The number of nitrogens with one attached hydrogen (secondary N) is 1. The zero-order valence-corrected chi connectivity index (χ0v) is 11.8. The number of furan rings is 1. The first-order valence-electron chi connectivity index (χ1n) is 6.76. The summed E-state index contributed by atoms with van der Waals surface area (Å²) < 4.78 is 32.1. The summed E-state index contributed by atoms with van der Waals surface area (Å²) in [6, 6.07) is 10.5. The molecular formula is C17H13F2NO2. The Morgan fingerprint density at radius 1 is 1.18 bits per heavy atom. The Bertz CT molecular complexity index is 855. The first kappa shape index (κ1) is 14.3. The summed E-state index contributed by atoms with van der Waals surface area (Å²) in [7, 11) is 0. The van der Waals surface area contributed by atoms with Gasteiger partial charge in [0.2, 0.25) is 0 Å². The van der Waals surface area contributed by atoms with Gasteiger partial charge in [-0.2, -0.15) is 0 Å². The van der Waals surface area contributed by atoms with Gasteiger partial charge in [-0.15, -0.1) is 0 Å². The molecule has 0 spiro atoms. The van der Waals surface area contributed by atoms with Gasteiger partial charge in [0, 0.05) is 17.5 Å². The lowest BCUT2D eigenvalue weighted by atomic mass is 10.1. The van der Waals surface area contributed by atoms with Crippen LogP contribution in [0.25, 0.3) is 11.0 Å². The van der Waals surface area contributed by atoms with Gasteiger partial charge in [-0.3, -0.25) is 4.79 Å². The third kappa shape index (κ3) is 2.57. The third-order valence-electron chi connectivity index (χ3n) is 3.46. The Labute approximate surface area is 125 Å². The van der Waals surface area contributed by atoms with E-state index in [1.165, 1.54) is 18.2 Å². The highest BCUT2D eigenvalue weighted by molar-refractivity contribution is 5.98. The van der Waals surface area contributed by atoms with Gasteiger partial charge in [0.1, 0.15) is 5.82 Å². The molecule has 3 rings (SSSR count). The number of rotatable bonds is 3. The molecule has 0 saturated heterocycles. The van der Waals surface area contributed by atoms with E-state index in [1.807, 2.05) is 0 Å². The Balaban J connectivity index is 1.83. The molecule has 3 aromatic rings. The summed E-state index contributed by atoms with van der Waals surface area (Å²) in [4.78, 5) is 12.2. The maximum atomic E-state index is 13.7. The van der Waals surface area contributed by atoms with Gasteiger partial charge in [0.05, 0.1) is 0 Å². The number of halogens is 2. The number of amides is 1. The molecule has 0 aliphatic rings. The van der Waals surface area contributed by atoms with Crippen molar-refractivity contribution in [3.8, 4) is 0 Å². The standard InChI is InChI=1S/C17H13F2NO2/c1-10-13-6-3-7-14(19)16(13)22-15(10)17(21)20-9-11-4-2-5-12(18)8-11/h2-8H,9H2,1H3,(H,20,21). The average Bonchev–Trinajstić information content (AvgIpc) is 2.84. The largest absolute Gasteiger partial charge is 0.448 e. The molecule has 0 aliphatic carbocycles. The summed E-state index contributed by atoms with van der Waals surface area (Å²) >= 11 is 0. The van der Waals surface area contributed by atoms with Crippen LogP contribution in [0.5, 0.6) is 0 Å². The monoisotopic (exact) mass is 301 g/mol. The van der Waals surface area contributed by atoms with Crippen LogP contribution in [-0.2, 0) is 6.54 Å². The van der Waals surface area contributed by atoms with Crippen LogP contribution in [0.15, 0.2) is 46.9 Å². The van der Waals surface area contributed by atoms with Gasteiger partial charge in [-0.25, -0.2) is 8.78 Å². The van der Waals surface area contributed by atoms with Gasteiger partial charge in [0.25, 0.3) is 5.91 Å². The van der Waals surface area contributed by atoms with Crippen molar-refractivity contribution < 1.29 is 18.0 Å². The molecule has 0 unspecified atom stereocenters. The highest BCUT2D eigenvalue weighted by Crippen LogP contribution is 2.27. The number of aryl methyl sites for hydroxylation is 1. The molecule has 1 N–H and O–H groups in total. The number of para-hydroxylation sites is 1. The molecule has 5 heteroatoms. The minimum absolute atomic E-state index is 0.0657. The summed E-state index contributed by atoms with van der Waals surface area (Å²) in [6.07, 6.45) is 0. The SMILES string of the molecule is Cc1c(C(=O)NCc2cccc(F)c2)oc2c(F)cccc12. The molecule has 0 saturated carbocycles. The van der Waals surface area contributed by atoms with E-state index in [-0.39, 0.29) is 23.7 Å². The highest BCUT2D eigenvalue weighted by atomic mass is 19.1. The topological polar surface area (TPSA) is 42.2 Å². The highest BCUT2D eigenvalue weighted by Gasteiger charge is 2.19. The summed E-state index contributed by atoms with van der Waals surface area (Å²) in [5, 5.41) is 3.21. The van der Waals surface area contributed by atoms with Crippen LogP contribution < -0.4 is 5.32 Å². The van der Waals surface area contributed by atoms with Crippen LogP contribution in [-0.4, -0.2) is 5.91 Å². The number of hydrogen-bond donors (Lipinski definition) is 1. The maximum Gasteiger partial charge on any atom is 0.287 e. The van der Waals surface area contributed by atoms with Crippen LogP contribution in [0.1, 0.15) is 21.7 Å². The Hall–Kier alpha value is -2.69. The smallest absolute Gasteiger partial charge is 0.287 e. The molecule has 0 bridgehead atoms. The van der Waals surface area contributed by atoms with Gasteiger partial charge >= 0.3 is 0 Å². The number of carbonyl (C=O) groups excluding carboxylic acids is 1. The normalized spacial score (nSPS) is 10.9. The summed E-state index contributed by atoms with van der Waals surface area (Å²) in [5.41, 5.74) is 1.27. The van der Waals surface area contributed by atoms with Gasteiger partial charge in [0.15, 0.2) is 17.2 Å². The summed E-state index contributed by atoms with van der Waals surface area (Å²) in [5.74, 6) is -1.27. The second kappa shape index (κ2) is 5.60. The molecule has 0 aliphatic heterocycles. The van der Waals surface area contributed by atoms with Crippen LogP contribution in [0.3, 0.4) is 0 Å². The van der Waals surface area contributed by atoms with Crippen molar-refractivity contribution in [3.63, 3.8) is 0 Å². The minimum atomic E-state index is -0.509. The average molecular weight is 301 g/mol. The van der Waals surface area contributed by atoms with E-state index in [9.17, 15) is 13.6 Å². The van der Waals surface area contributed by atoms with E-state index in [0.717, 1.165) is 0 Å². The fraction of sp³-hybridized carbons (Fsp3) is 0.118. The zero-order valence-electron chi connectivity index (χ0n) is 11.8. The van der Waals surface area contributed by atoms with Crippen molar-refractivity contribution in [1.82, 2.24) is 5.32 Å². The molecule has 0 radical (unpaired) electrons. The van der Waals surface area contributed by atoms with Crippen molar-refractivity contribution in [2.45, 2.75) is 13.5 Å². The first-order valence-corrected chi connectivity index (χ1v) is 6.76. The molecule has 2 aromatic carbocycles. The Morgan fingerprint density at radius 2 is 1.95 bits per heavy atom. The van der Waals surface area contributed by atoms with Crippen molar-refractivity contribution in [2.24, 2.45) is 0 Å². The molecule has 112 valence electrons. The van der Waals surface area contributed by atoms with Crippen molar-refractivity contribution >= 4 is 16.9 Å². The molecule has 0 atom stereocenters. The van der Waals surface area contributed by atoms with Crippen LogP contribution in [0.4, 0.5) is 8.78 Å².